The van der Waals surface area contributed by atoms with Crippen molar-refractivity contribution in [2.24, 2.45) is 5.73 Å². The molecule has 21 heavy (non-hydrogen) atoms. The zero-order chi connectivity index (χ0) is 14.8. The minimum atomic E-state index is 0.119. The number of nitrogens with two attached hydrogens (primary N) is 1. The number of piperazine rings is 1. The fourth-order valence-electron chi connectivity index (χ4n) is 3.53. The van der Waals surface area contributed by atoms with Crippen molar-refractivity contribution >= 4 is 27.5 Å². The van der Waals surface area contributed by atoms with Crippen molar-refractivity contribution in [3.05, 3.63) is 28.2 Å². The zero-order valence-corrected chi connectivity index (χ0v) is 13.9. The van der Waals surface area contributed by atoms with Crippen LogP contribution in [0, 0.1) is 5.41 Å². The molecule has 4 nitrogen and oxygen atoms in total. The Morgan fingerprint density at radius 2 is 1.81 bits per heavy atom. The van der Waals surface area contributed by atoms with Crippen LogP contribution in [0.1, 0.15) is 31.2 Å². The average Bonchev–Trinajstić information content (AvgIpc) is 3.01. The first-order valence-corrected chi connectivity index (χ1v) is 8.57. The van der Waals surface area contributed by atoms with Crippen LogP contribution in [0.3, 0.4) is 0 Å². The molecule has 2 fully saturated rings. The topological polar surface area (TPSA) is 56.4 Å². The number of amidine groups is 1. The number of hydrogen-bond acceptors (Lipinski definition) is 3. The van der Waals surface area contributed by atoms with E-state index in [0.29, 0.717) is 0 Å². The van der Waals surface area contributed by atoms with Gasteiger partial charge in [0.1, 0.15) is 5.84 Å². The van der Waals surface area contributed by atoms with E-state index in [4.69, 9.17) is 11.1 Å². The smallest absolute Gasteiger partial charge is 0.122 e. The SMILES string of the molecule is N=C(N)c1ccc(N2CCN(C3CCCC3)CC2)c(Br)c1. The third kappa shape index (κ3) is 3.24. The Morgan fingerprint density at radius 3 is 2.38 bits per heavy atom. The molecule has 0 spiro atoms. The van der Waals surface area contributed by atoms with Gasteiger partial charge in [0.15, 0.2) is 0 Å². The summed E-state index contributed by atoms with van der Waals surface area (Å²) in [5, 5.41) is 7.51. The van der Waals surface area contributed by atoms with Gasteiger partial charge < -0.3 is 10.6 Å². The fraction of sp³-hybridized carbons (Fsp3) is 0.562. The van der Waals surface area contributed by atoms with Crippen LogP contribution in [0.4, 0.5) is 5.69 Å². The average molecular weight is 351 g/mol. The zero-order valence-electron chi connectivity index (χ0n) is 12.3. The van der Waals surface area contributed by atoms with E-state index in [9.17, 15) is 0 Å². The molecule has 5 heteroatoms. The number of nitrogen functional groups attached to an aromatic ring is 1. The van der Waals surface area contributed by atoms with E-state index in [0.717, 1.165) is 42.3 Å². The second-order valence-corrected chi connectivity index (χ2v) is 6.90. The first kappa shape index (κ1) is 14.9. The molecule has 0 atom stereocenters. The third-order valence-electron chi connectivity index (χ3n) is 4.75. The number of benzene rings is 1. The number of hydrogen-bond donors (Lipinski definition) is 2. The van der Waals surface area contributed by atoms with Gasteiger partial charge in [-0.3, -0.25) is 10.3 Å². The van der Waals surface area contributed by atoms with Gasteiger partial charge in [0.2, 0.25) is 0 Å². The van der Waals surface area contributed by atoms with Crippen molar-refractivity contribution in [2.45, 2.75) is 31.7 Å². The van der Waals surface area contributed by atoms with Crippen LogP contribution in [0.2, 0.25) is 0 Å². The van der Waals surface area contributed by atoms with Crippen molar-refractivity contribution in [3.8, 4) is 0 Å². The molecule has 0 bridgehead atoms. The molecule has 1 heterocycles. The largest absolute Gasteiger partial charge is 0.384 e. The van der Waals surface area contributed by atoms with Crippen molar-refractivity contribution < 1.29 is 0 Å². The molecule has 3 N–H and O–H groups in total. The van der Waals surface area contributed by atoms with Crippen LogP contribution in [-0.2, 0) is 0 Å². The van der Waals surface area contributed by atoms with Gasteiger partial charge in [0.05, 0.1) is 5.69 Å². The predicted molar refractivity (Wildman–Crippen MR) is 91.2 cm³/mol. The van der Waals surface area contributed by atoms with Gasteiger partial charge in [-0.1, -0.05) is 12.8 Å². The van der Waals surface area contributed by atoms with Gasteiger partial charge >= 0.3 is 0 Å². The summed E-state index contributed by atoms with van der Waals surface area (Å²) < 4.78 is 1.03. The van der Waals surface area contributed by atoms with E-state index in [2.05, 4.69) is 31.8 Å². The maximum absolute atomic E-state index is 7.51. The number of anilines is 1. The van der Waals surface area contributed by atoms with Crippen molar-refractivity contribution in [3.63, 3.8) is 0 Å². The lowest BCUT2D eigenvalue weighted by Gasteiger charge is -2.39. The summed E-state index contributed by atoms with van der Waals surface area (Å²) >= 11 is 3.62. The molecule has 0 amide bonds. The molecule has 1 aromatic rings. The van der Waals surface area contributed by atoms with Gasteiger partial charge in [-0.05, 0) is 47.0 Å². The molecule has 0 aromatic heterocycles. The number of nitrogens with zero attached hydrogens (tertiary/aromatic N) is 2. The first-order valence-electron chi connectivity index (χ1n) is 7.78. The summed E-state index contributed by atoms with van der Waals surface area (Å²) in [4.78, 5) is 5.10. The molecule has 2 aliphatic rings. The standard InChI is InChI=1S/C16H23BrN4/c17-14-11-12(16(18)19)5-6-15(14)21-9-7-20(8-10-21)13-3-1-2-4-13/h5-6,11,13H,1-4,7-10H2,(H3,18,19). The normalized spacial score (nSPS) is 20.9. The Labute approximate surface area is 134 Å². The van der Waals surface area contributed by atoms with Crippen molar-refractivity contribution in [1.29, 1.82) is 5.41 Å². The second-order valence-electron chi connectivity index (χ2n) is 6.04. The molecule has 0 unspecified atom stereocenters. The quantitative estimate of drug-likeness (QED) is 0.650. The highest BCUT2D eigenvalue weighted by molar-refractivity contribution is 9.10. The van der Waals surface area contributed by atoms with Crippen LogP contribution < -0.4 is 10.6 Å². The number of nitrogens with one attached hydrogen (secondary N) is 1. The van der Waals surface area contributed by atoms with E-state index >= 15 is 0 Å². The van der Waals surface area contributed by atoms with Crippen LogP contribution in [0.25, 0.3) is 0 Å². The molecule has 3 rings (SSSR count). The van der Waals surface area contributed by atoms with E-state index in [1.807, 2.05) is 12.1 Å². The van der Waals surface area contributed by atoms with Gasteiger partial charge in [-0.15, -0.1) is 0 Å². The third-order valence-corrected chi connectivity index (χ3v) is 5.39. The second kappa shape index (κ2) is 6.36. The van der Waals surface area contributed by atoms with Gasteiger partial charge in [0, 0.05) is 42.3 Å². The molecular weight excluding hydrogens is 328 g/mol. The van der Waals surface area contributed by atoms with E-state index < -0.39 is 0 Å². The summed E-state index contributed by atoms with van der Waals surface area (Å²) in [5.74, 6) is 0.119. The number of rotatable bonds is 3. The lowest BCUT2D eigenvalue weighted by atomic mass is 10.1. The van der Waals surface area contributed by atoms with Crippen LogP contribution in [-0.4, -0.2) is 43.0 Å². The Kier molecular flexibility index (Phi) is 4.50. The summed E-state index contributed by atoms with van der Waals surface area (Å²) in [6, 6.07) is 6.79. The minimum absolute atomic E-state index is 0.119. The minimum Gasteiger partial charge on any atom is -0.384 e. The maximum Gasteiger partial charge on any atom is 0.122 e. The monoisotopic (exact) mass is 350 g/mol. The molecule has 0 radical (unpaired) electrons. The predicted octanol–water partition coefficient (Wildman–Crippen LogP) is 2.80. The molecule has 1 saturated carbocycles. The van der Waals surface area contributed by atoms with Crippen molar-refractivity contribution in [1.82, 2.24) is 4.90 Å². The number of halogens is 1. The molecular formula is C16H23BrN4. The maximum atomic E-state index is 7.51. The van der Waals surface area contributed by atoms with Gasteiger partial charge in [-0.25, -0.2) is 0 Å². The van der Waals surface area contributed by atoms with Gasteiger partial charge in [-0.2, -0.15) is 0 Å². The Morgan fingerprint density at radius 1 is 1.14 bits per heavy atom. The van der Waals surface area contributed by atoms with E-state index in [1.54, 1.807) is 0 Å². The van der Waals surface area contributed by atoms with E-state index in [-0.39, 0.29) is 5.84 Å². The molecule has 114 valence electrons. The van der Waals surface area contributed by atoms with Crippen LogP contribution in [0.15, 0.2) is 22.7 Å². The highest BCUT2D eigenvalue weighted by Gasteiger charge is 2.26. The lowest BCUT2D eigenvalue weighted by molar-refractivity contribution is 0.187. The molecule has 1 saturated heterocycles. The summed E-state index contributed by atoms with van der Waals surface area (Å²) in [6.45, 7) is 4.47. The van der Waals surface area contributed by atoms with Crippen LogP contribution >= 0.6 is 15.9 Å². The first-order chi connectivity index (χ1) is 10.1. The Hall–Kier alpha value is -1.07. The highest BCUT2D eigenvalue weighted by Crippen LogP contribution is 2.30. The van der Waals surface area contributed by atoms with E-state index in [1.165, 1.54) is 31.4 Å². The Balaban J connectivity index is 1.65. The van der Waals surface area contributed by atoms with Crippen LogP contribution in [0.5, 0.6) is 0 Å². The molecule has 1 aliphatic carbocycles. The fourth-order valence-corrected chi connectivity index (χ4v) is 4.16. The molecule has 1 aliphatic heterocycles. The van der Waals surface area contributed by atoms with Crippen molar-refractivity contribution in [2.75, 3.05) is 31.1 Å². The highest BCUT2D eigenvalue weighted by atomic mass is 79.9. The lowest BCUT2D eigenvalue weighted by Crippen LogP contribution is -2.49. The Bertz CT molecular complexity index is 517. The summed E-state index contributed by atoms with van der Waals surface area (Å²) in [5.41, 5.74) is 7.53. The summed E-state index contributed by atoms with van der Waals surface area (Å²) in [6.07, 6.45) is 5.58. The van der Waals surface area contributed by atoms with Gasteiger partial charge in [0.25, 0.3) is 0 Å². The summed E-state index contributed by atoms with van der Waals surface area (Å²) in [7, 11) is 0. The molecule has 1 aromatic carbocycles.